The van der Waals surface area contributed by atoms with Crippen LogP contribution in [0, 0.1) is 5.92 Å². The molecule has 0 spiro atoms. The molecule has 0 aliphatic carbocycles. The van der Waals surface area contributed by atoms with Gasteiger partial charge in [-0.3, -0.25) is 9.59 Å². The highest BCUT2D eigenvalue weighted by Gasteiger charge is 2.52. The molecule has 2 N–H and O–H groups in total. The molecule has 1 fully saturated rings. The molecule has 0 aromatic heterocycles. The second-order valence-corrected chi connectivity index (χ2v) is 8.76. The molecule has 1 aliphatic heterocycles. The summed E-state index contributed by atoms with van der Waals surface area (Å²) in [6.07, 6.45) is 6.95. The fourth-order valence-corrected chi connectivity index (χ4v) is 4.05. The van der Waals surface area contributed by atoms with Gasteiger partial charge in [-0.25, -0.2) is 0 Å². The summed E-state index contributed by atoms with van der Waals surface area (Å²) < 4.78 is 28.0. The molecule has 0 radical (unpaired) electrons. The third-order valence-electron chi connectivity index (χ3n) is 6.06. The highest BCUT2D eigenvalue weighted by atomic mass is 19.3. The number of benzene rings is 1. The second-order valence-electron chi connectivity index (χ2n) is 8.76. The number of hydrogen-bond acceptors (Lipinski definition) is 3. The van der Waals surface area contributed by atoms with Crippen LogP contribution in [0.2, 0.25) is 0 Å². The first kappa shape index (κ1) is 26.0. The zero-order chi connectivity index (χ0) is 23.6. The quantitative estimate of drug-likeness (QED) is 0.314. The number of carboxylic acids is 1. The number of aliphatic hydroxyl groups excluding tert-OH is 1. The van der Waals surface area contributed by atoms with E-state index >= 15 is 0 Å². The van der Waals surface area contributed by atoms with E-state index in [2.05, 4.69) is 12.1 Å². The Hall–Kier alpha value is -2.28. The monoisotopic (exact) mass is 451 g/mol. The summed E-state index contributed by atoms with van der Waals surface area (Å²) in [4.78, 5) is 23.8. The Bertz CT molecular complexity index is 754. The van der Waals surface area contributed by atoms with Crippen molar-refractivity contribution >= 4 is 11.9 Å². The Labute approximate surface area is 189 Å². The van der Waals surface area contributed by atoms with Crippen molar-refractivity contribution in [1.29, 1.82) is 0 Å². The maximum absolute atomic E-state index is 14.0. The van der Waals surface area contributed by atoms with Crippen molar-refractivity contribution < 1.29 is 28.6 Å². The number of carboxylic acid groups (broad SMARTS) is 1. The van der Waals surface area contributed by atoms with Gasteiger partial charge in [-0.1, -0.05) is 62.2 Å². The summed E-state index contributed by atoms with van der Waals surface area (Å²) in [6.45, 7) is 2.14. The Kier molecular flexibility index (Phi) is 10.3. The molecule has 1 amide bonds. The highest BCUT2D eigenvalue weighted by Crippen LogP contribution is 2.34. The maximum Gasteiger partial charge on any atom is 0.327 e. The first-order chi connectivity index (χ1) is 15.2. The van der Waals surface area contributed by atoms with Gasteiger partial charge in [0.25, 0.3) is 5.91 Å². The molecule has 178 valence electrons. The van der Waals surface area contributed by atoms with Gasteiger partial charge in [0.15, 0.2) is 0 Å². The van der Waals surface area contributed by atoms with Crippen LogP contribution in [-0.4, -0.2) is 51.6 Å². The number of aliphatic carboxylic acids is 1. The number of carbonyl (C=O) groups excluding carboxylic acids is 1. The number of likely N-dealkylation sites (tertiary alicyclic amines) is 1. The topological polar surface area (TPSA) is 77.8 Å². The van der Waals surface area contributed by atoms with Crippen LogP contribution < -0.4 is 0 Å². The van der Waals surface area contributed by atoms with E-state index in [9.17, 15) is 23.5 Å². The van der Waals surface area contributed by atoms with Crippen LogP contribution in [0.1, 0.15) is 63.9 Å². The van der Waals surface area contributed by atoms with Crippen LogP contribution in [0.4, 0.5) is 8.78 Å². The lowest BCUT2D eigenvalue weighted by Gasteiger charge is -2.22. The van der Waals surface area contributed by atoms with Gasteiger partial charge in [-0.05, 0) is 43.6 Å². The minimum atomic E-state index is -3.38. The molecule has 1 aromatic rings. The molecule has 1 heterocycles. The van der Waals surface area contributed by atoms with Crippen LogP contribution in [0.5, 0.6) is 0 Å². The van der Waals surface area contributed by atoms with Crippen molar-refractivity contribution in [3.63, 3.8) is 0 Å². The summed E-state index contributed by atoms with van der Waals surface area (Å²) >= 11 is 0. The Balaban J connectivity index is 1.81. The molecule has 2 unspecified atom stereocenters. The number of aliphatic hydroxyl groups is 1. The number of unbranched alkanes of at least 4 members (excludes halogenated alkanes) is 3. The zero-order valence-corrected chi connectivity index (χ0v) is 18.8. The summed E-state index contributed by atoms with van der Waals surface area (Å²) in [7, 11) is 0. The number of hydrogen-bond donors (Lipinski definition) is 2. The molecular formula is C25H35F2NO4. The van der Waals surface area contributed by atoms with E-state index in [1.165, 1.54) is 10.5 Å². The van der Waals surface area contributed by atoms with Crippen molar-refractivity contribution in [1.82, 2.24) is 4.90 Å². The molecule has 7 heteroatoms. The van der Waals surface area contributed by atoms with Gasteiger partial charge in [0.1, 0.15) is 0 Å². The summed E-state index contributed by atoms with van der Waals surface area (Å²) in [6, 6.07) is 9.37. The molecule has 0 saturated carbocycles. The SMILES string of the molecule is CC(CCCc1ccccc1)C(O)/C=C/[C@@H]1CC(F)(F)C(=O)N1CCCCCCC(=O)O. The van der Waals surface area contributed by atoms with Crippen LogP contribution in [0.25, 0.3) is 0 Å². The molecule has 1 saturated heterocycles. The standard InChI is InChI=1S/C25H35F2NO4/c1-19(10-9-13-20-11-5-4-6-12-20)22(29)16-15-21-18-25(26,27)24(32)28(21)17-8-3-2-7-14-23(30)31/h4-6,11-12,15-16,19,21-22,29H,2-3,7-10,13-14,17-18H2,1H3,(H,30,31)/b16-15+/t19?,21-,22?/m1/s1. The molecular weight excluding hydrogens is 416 g/mol. The number of amides is 1. The van der Waals surface area contributed by atoms with Gasteiger partial charge in [0.2, 0.25) is 0 Å². The normalized spacial score (nSPS) is 20.1. The Morgan fingerprint density at radius 2 is 1.88 bits per heavy atom. The third-order valence-corrected chi connectivity index (χ3v) is 6.06. The lowest BCUT2D eigenvalue weighted by molar-refractivity contribution is -0.148. The highest BCUT2D eigenvalue weighted by molar-refractivity contribution is 5.86. The Morgan fingerprint density at radius 1 is 1.19 bits per heavy atom. The summed E-state index contributed by atoms with van der Waals surface area (Å²) in [5.74, 6) is -5.42. The predicted octanol–water partition coefficient (Wildman–Crippen LogP) is 4.83. The third kappa shape index (κ3) is 8.34. The van der Waals surface area contributed by atoms with Gasteiger partial charge >= 0.3 is 11.9 Å². The van der Waals surface area contributed by atoms with Crippen molar-refractivity contribution in [2.75, 3.05) is 6.54 Å². The largest absolute Gasteiger partial charge is 0.481 e. The van der Waals surface area contributed by atoms with E-state index in [4.69, 9.17) is 5.11 Å². The van der Waals surface area contributed by atoms with Gasteiger partial charge in [-0.15, -0.1) is 0 Å². The van der Waals surface area contributed by atoms with E-state index < -0.39 is 36.4 Å². The first-order valence-corrected chi connectivity index (χ1v) is 11.5. The molecule has 1 aliphatic rings. The number of alkyl halides is 2. The second kappa shape index (κ2) is 12.7. The molecule has 5 nitrogen and oxygen atoms in total. The maximum atomic E-state index is 14.0. The molecule has 1 aromatic carbocycles. The fourth-order valence-electron chi connectivity index (χ4n) is 4.05. The average molecular weight is 452 g/mol. The zero-order valence-electron chi connectivity index (χ0n) is 18.8. The smallest absolute Gasteiger partial charge is 0.327 e. The first-order valence-electron chi connectivity index (χ1n) is 11.5. The van der Waals surface area contributed by atoms with Gasteiger partial charge in [-0.2, -0.15) is 8.78 Å². The van der Waals surface area contributed by atoms with E-state index in [1.807, 2.05) is 25.1 Å². The average Bonchev–Trinajstić information content (AvgIpc) is 2.97. The number of rotatable bonds is 14. The lowest BCUT2D eigenvalue weighted by Crippen LogP contribution is -2.36. The van der Waals surface area contributed by atoms with Crippen molar-refractivity contribution in [3.05, 3.63) is 48.0 Å². The summed E-state index contributed by atoms with van der Waals surface area (Å²) in [5.41, 5.74) is 1.25. The number of halogens is 2. The van der Waals surface area contributed by atoms with Crippen LogP contribution in [0.3, 0.4) is 0 Å². The van der Waals surface area contributed by atoms with E-state index in [-0.39, 0.29) is 18.9 Å². The van der Waals surface area contributed by atoms with Crippen LogP contribution >= 0.6 is 0 Å². The Morgan fingerprint density at radius 3 is 2.56 bits per heavy atom. The van der Waals surface area contributed by atoms with E-state index in [1.54, 1.807) is 12.2 Å². The van der Waals surface area contributed by atoms with Crippen molar-refractivity contribution in [3.8, 4) is 0 Å². The summed E-state index contributed by atoms with van der Waals surface area (Å²) in [5, 5.41) is 19.1. The number of carbonyl (C=O) groups is 2. The van der Waals surface area contributed by atoms with Crippen LogP contribution in [0.15, 0.2) is 42.5 Å². The fraction of sp³-hybridized carbons (Fsp3) is 0.600. The minimum Gasteiger partial charge on any atom is -0.481 e. The number of nitrogens with zero attached hydrogens (tertiary/aromatic N) is 1. The van der Waals surface area contributed by atoms with Crippen molar-refractivity contribution in [2.24, 2.45) is 5.92 Å². The van der Waals surface area contributed by atoms with Gasteiger partial charge in [0.05, 0.1) is 12.1 Å². The van der Waals surface area contributed by atoms with Crippen LogP contribution in [-0.2, 0) is 16.0 Å². The molecule has 3 atom stereocenters. The van der Waals surface area contributed by atoms with Gasteiger partial charge < -0.3 is 15.1 Å². The van der Waals surface area contributed by atoms with Crippen molar-refractivity contribution in [2.45, 2.75) is 82.8 Å². The van der Waals surface area contributed by atoms with Gasteiger partial charge in [0, 0.05) is 19.4 Å². The van der Waals surface area contributed by atoms with E-state index in [0.717, 1.165) is 19.3 Å². The molecule has 0 bridgehead atoms. The molecule has 2 rings (SSSR count). The predicted molar refractivity (Wildman–Crippen MR) is 119 cm³/mol. The lowest BCUT2D eigenvalue weighted by atomic mass is 9.95. The van der Waals surface area contributed by atoms with E-state index in [0.29, 0.717) is 25.7 Å². The minimum absolute atomic E-state index is 0.0183. The number of aryl methyl sites for hydroxylation is 1. The molecule has 32 heavy (non-hydrogen) atoms.